The number of aliphatic hydroxyl groups excluding tert-OH is 1. The predicted octanol–water partition coefficient (Wildman–Crippen LogP) is 9.22. The lowest BCUT2D eigenvalue weighted by Gasteiger charge is -2.56. The third kappa shape index (κ3) is 6.56. The molecule has 2 amide bonds. The predicted molar refractivity (Wildman–Crippen MR) is 222 cm³/mol. The maximum atomic E-state index is 17.2. The molecule has 0 radical (unpaired) electrons. The fourth-order valence-corrected chi connectivity index (χ4v) is 11.4. The van der Waals surface area contributed by atoms with E-state index in [0.29, 0.717) is 55.5 Å². The summed E-state index contributed by atoms with van der Waals surface area (Å²) in [4.78, 5) is 38.3. The number of fused-ring (bicyclic) bond motifs is 3. The maximum Gasteiger partial charge on any atom is 0.238 e. The van der Waals surface area contributed by atoms with Crippen molar-refractivity contribution in [3.05, 3.63) is 142 Å². The Hall–Kier alpha value is -4.68. The number of anilines is 1. The molecule has 0 bridgehead atoms. The molecular formula is C46H47Cl2FN6O4. The number of hydrogen-bond acceptors (Lipinski definition) is 8. The molecule has 3 fully saturated rings. The van der Waals surface area contributed by atoms with E-state index < -0.39 is 46.8 Å². The van der Waals surface area contributed by atoms with Crippen LogP contribution in [0.1, 0.15) is 117 Å². The lowest BCUT2D eigenvalue weighted by molar-refractivity contribution is -0.137. The number of pyridine rings is 1. The first-order valence-electron chi connectivity index (χ1n) is 20.5. The second-order valence-corrected chi connectivity index (χ2v) is 18.3. The van der Waals surface area contributed by atoms with Gasteiger partial charge in [0.15, 0.2) is 0 Å². The number of amides is 2. The molecule has 1 unspecified atom stereocenters. The highest BCUT2D eigenvalue weighted by molar-refractivity contribution is 6.31. The Morgan fingerprint density at radius 2 is 1.59 bits per heavy atom. The van der Waals surface area contributed by atoms with E-state index in [0.717, 1.165) is 18.4 Å². The average Bonchev–Trinajstić information content (AvgIpc) is 3.94. The molecular weight excluding hydrogens is 790 g/mol. The fraction of sp³-hybridized carbons (Fsp3) is 0.413. The zero-order chi connectivity index (χ0) is 41.1. The summed E-state index contributed by atoms with van der Waals surface area (Å²) in [6.45, 7) is 4.43. The van der Waals surface area contributed by atoms with Crippen LogP contribution in [0.25, 0.3) is 0 Å². The summed E-state index contributed by atoms with van der Waals surface area (Å²) in [5.74, 6) is -1.66. The van der Waals surface area contributed by atoms with Gasteiger partial charge in [0.05, 0.1) is 23.2 Å². The maximum absolute atomic E-state index is 17.2. The van der Waals surface area contributed by atoms with Crippen molar-refractivity contribution in [2.45, 2.75) is 112 Å². The highest BCUT2D eigenvalue weighted by Gasteiger charge is 2.77. The lowest BCUT2D eigenvalue weighted by atomic mass is 9.53. The molecule has 2 aliphatic carbocycles. The van der Waals surface area contributed by atoms with Crippen molar-refractivity contribution in [1.29, 1.82) is 0 Å². The summed E-state index contributed by atoms with van der Waals surface area (Å²) in [5, 5.41) is 27.5. The average molecular weight is 838 g/mol. The second kappa shape index (κ2) is 15.4. The van der Waals surface area contributed by atoms with E-state index in [2.05, 4.69) is 44.6 Å². The van der Waals surface area contributed by atoms with E-state index in [-0.39, 0.29) is 44.8 Å². The molecule has 5 atom stereocenters. The van der Waals surface area contributed by atoms with Crippen LogP contribution in [0.15, 0.2) is 102 Å². The van der Waals surface area contributed by atoms with Crippen LogP contribution in [0.4, 0.5) is 10.2 Å². The van der Waals surface area contributed by atoms with E-state index in [4.69, 9.17) is 27.6 Å². The van der Waals surface area contributed by atoms with Crippen LogP contribution in [0.2, 0.25) is 10.2 Å². The van der Waals surface area contributed by atoms with Gasteiger partial charge in [0, 0.05) is 29.0 Å². The van der Waals surface area contributed by atoms with Crippen molar-refractivity contribution in [3.63, 3.8) is 0 Å². The van der Waals surface area contributed by atoms with Gasteiger partial charge in [-0.25, -0.2) is 9.37 Å². The number of benzene rings is 3. The number of hydrogen-bond donors (Lipinski definition) is 3. The van der Waals surface area contributed by atoms with Gasteiger partial charge in [-0.15, -0.1) is 10.2 Å². The molecule has 2 saturated carbocycles. The number of aromatic nitrogens is 3. The van der Waals surface area contributed by atoms with Gasteiger partial charge in [-0.3, -0.25) is 14.5 Å². The van der Waals surface area contributed by atoms with Crippen molar-refractivity contribution < 1.29 is 23.5 Å². The monoisotopic (exact) mass is 836 g/mol. The Bertz CT molecular complexity index is 2330. The van der Waals surface area contributed by atoms with Gasteiger partial charge in [0.1, 0.15) is 22.2 Å². The van der Waals surface area contributed by atoms with Gasteiger partial charge in [0.25, 0.3) is 0 Å². The van der Waals surface area contributed by atoms with Crippen molar-refractivity contribution >= 4 is 40.8 Å². The number of carbonyl (C=O) groups is 2. The minimum atomic E-state index is -1.59. The van der Waals surface area contributed by atoms with Gasteiger partial charge >= 0.3 is 0 Å². The summed E-state index contributed by atoms with van der Waals surface area (Å²) in [6, 6.07) is 25.0. The van der Waals surface area contributed by atoms with Crippen molar-refractivity contribution in [2.75, 3.05) is 5.32 Å². The molecule has 13 heteroatoms. The molecule has 306 valence electrons. The quantitative estimate of drug-likeness (QED) is 0.132. The Labute approximate surface area is 352 Å². The highest BCUT2D eigenvalue weighted by atomic mass is 35.5. The van der Waals surface area contributed by atoms with Crippen molar-refractivity contribution in [3.8, 4) is 0 Å². The van der Waals surface area contributed by atoms with Crippen LogP contribution in [0.5, 0.6) is 0 Å². The standard InChI is InChI=1S/C46H47Cl2FN6O4/c1-44(2)22-24-45(25-23-44)46(32-20-21-34(48)52-40(32)53-43(46)58)35(31-14-9-15-33(47)36(31)49)38(41(57)51-30-18-16-29(17-19-30)42-54-50-26-59-42)55(45)37(27-10-5-3-6-11-27)39(56)28-12-7-4-8-13-28/h3-15,20-21,26,29-30,35,37-39,56H,16-19,22-25H2,1-2H3,(H,51,57)(H,52,53,58)/t29-,30-,35-,37+,38+,39-,46?/m0/s1. The first kappa shape index (κ1) is 39.8. The number of likely N-dealkylation sites (tertiary alicyclic amines) is 1. The van der Waals surface area contributed by atoms with Crippen LogP contribution in [-0.4, -0.2) is 54.6 Å². The molecule has 9 rings (SSSR count). The molecule has 2 aromatic heterocycles. The Morgan fingerprint density at radius 3 is 2.25 bits per heavy atom. The summed E-state index contributed by atoms with van der Waals surface area (Å²) >= 11 is 13.2. The molecule has 3 aromatic carbocycles. The molecule has 1 saturated heterocycles. The number of nitrogens with zero attached hydrogens (tertiary/aromatic N) is 4. The van der Waals surface area contributed by atoms with Gasteiger partial charge in [-0.2, -0.15) is 0 Å². The molecule has 59 heavy (non-hydrogen) atoms. The molecule has 3 N–H and O–H groups in total. The van der Waals surface area contributed by atoms with Crippen LogP contribution < -0.4 is 10.6 Å². The van der Waals surface area contributed by atoms with Crippen molar-refractivity contribution in [1.82, 2.24) is 25.4 Å². The largest absolute Gasteiger partial charge is 0.428 e. The number of aliphatic hydroxyl groups is 1. The summed E-state index contributed by atoms with van der Waals surface area (Å²) in [5.41, 5.74) is -0.795. The van der Waals surface area contributed by atoms with Crippen LogP contribution >= 0.6 is 23.2 Å². The van der Waals surface area contributed by atoms with Crippen molar-refractivity contribution in [2.24, 2.45) is 5.41 Å². The number of rotatable bonds is 8. The lowest BCUT2D eigenvalue weighted by Crippen LogP contribution is -2.64. The van der Waals surface area contributed by atoms with Gasteiger partial charge in [-0.05, 0) is 85.6 Å². The molecule has 10 nitrogen and oxygen atoms in total. The van der Waals surface area contributed by atoms with E-state index in [1.54, 1.807) is 18.2 Å². The zero-order valence-corrected chi connectivity index (χ0v) is 34.5. The number of carbonyl (C=O) groups excluding carboxylic acids is 2. The zero-order valence-electron chi connectivity index (χ0n) is 33.0. The molecule has 2 aliphatic heterocycles. The summed E-state index contributed by atoms with van der Waals surface area (Å²) in [7, 11) is 0. The van der Waals surface area contributed by atoms with Gasteiger partial charge < -0.3 is 20.2 Å². The van der Waals surface area contributed by atoms with E-state index in [9.17, 15) is 5.11 Å². The Balaban J connectivity index is 1.31. The third-order valence-electron chi connectivity index (χ3n) is 13.9. The number of nitrogens with one attached hydrogen (secondary N) is 2. The molecule has 4 aliphatic rings. The Morgan fingerprint density at radius 1 is 0.915 bits per heavy atom. The molecule has 4 heterocycles. The van der Waals surface area contributed by atoms with E-state index in [1.165, 1.54) is 12.5 Å². The summed E-state index contributed by atoms with van der Waals surface area (Å²) in [6.07, 6.45) is 5.19. The smallest absolute Gasteiger partial charge is 0.238 e. The van der Waals surface area contributed by atoms with Gasteiger partial charge in [0.2, 0.25) is 24.1 Å². The fourth-order valence-electron chi connectivity index (χ4n) is 11.1. The van der Waals surface area contributed by atoms with E-state index in [1.807, 2.05) is 66.7 Å². The minimum Gasteiger partial charge on any atom is -0.428 e. The first-order chi connectivity index (χ1) is 28.4. The minimum absolute atomic E-state index is 0.0700. The van der Waals surface area contributed by atoms with Crippen LogP contribution in [0.3, 0.4) is 0 Å². The second-order valence-electron chi connectivity index (χ2n) is 17.5. The molecule has 2 spiro atoms. The van der Waals surface area contributed by atoms with E-state index >= 15 is 14.0 Å². The highest BCUT2D eigenvalue weighted by Crippen LogP contribution is 2.69. The van der Waals surface area contributed by atoms with Crippen LogP contribution in [-0.2, 0) is 15.0 Å². The van der Waals surface area contributed by atoms with Crippen LogP contribution in [0, 0.1) is 11.2 Å². The third-order valence-corrected chi connectivity index (χ3v) is 14.4. The van der Waals surface area contributed by atoms with Gasteiger partial charge in [-0.1, -0.05) is 116 Å². The first-order valence-corrected chi connectivity index (χ1v) is 21.3. The summed E-state index contributed by atoms with van der Waals surface area (Å²) < 4.78 is 22.7. The normalized spacial score (nSPS) is 27.0. The number of halogens is 3. The SMILES string of the molecule is CC1(C)CCC2(CC1)N([C@H](c1ccccc1)[C@@H](O)c1ccccc1)[C@@H](C(=O)N[C@H]1CC[C@H](c3nnco3)CC1)[C@H](c1cccc(Cl)c1F)C21C(=O)Nc2nc(Cl)ccc21. The molecule has 5 aromatic rings. The topological polar surface area (TPSA) is 133 Å². The Kier molecular flexibility index (Phi) is 10.4.